The first-order chi connectivity index (χ1) is 9.02. The lowest BCUT2D eigenvalue weighted by molar-refractivity contribution is -0.137. The third kappa shape index (κ3) is 5.87. The van der Waals surface area contributed by atoms with Gasteiger partial charge in [-0.1, -0.05) is 6.92 Å². The van der Waals surface area contributed by atoms with Crippen LogP contribution in [0.25, 0.3) is 0 Å². The SMILES string of the molecule is CCn1nc(C)cc1CNCCC(C)CCC(=O)O. The number of hydrogen-bond donors (Lipinski definition) is 2. The standard InChI is InChI=1S/C14H25N3O2/c1-4-17-13(9-12(3)16-17)10-15-8-7-11(2)5-6-14(18)19/h9,11,15H,4-8,10H2,1-3H3,(H,18,19). The smallest absolute Gasteiger partial charge is 0.303 e. The average molecular weight is 267 g/mol. The van der Waals surface area contributed by atoms with Gasteiger partial charge in [0.25, 0.3) is 0 Å². The minimum Gasteiger partial charge on any atom is -0.481 e. The molecule has 1 atom stereocenters. The molecule has 5 heteroatoms. The van der Waals surface area contributed by atoms with E-state index in [0.717, 1.165) is 38.2 Å². The molecule has 0 saturated carbocycles. The third-order valence-electron chi connectivity index (χ3n) is 3.26. The Morgan fingerprint density at radius 2 is 2.26 bits per heavy atom. The first-order valence-corrected chi connectivity index (χ1v) is 6.98. The summed E-state index contributed by atoms with van der Waals surface area (Å²) in [5.74, 6) is -0.261. The van der Waals surface area contributed by atoms with Gasteiger partial charge in [-0.25, -0.2) is 0 Å². The Kier molecular flexibility index (Phi) is 6.56. The van der Waals surface area contributed by atoms with Crippen molar-refractivity contribution in [2.24, 2.45) is 5.92 Å². The second-order valence-electron chi connectivity index (χ2n) is 5.10. The number of carbonyl (C=O) groups is 1. The van der Waals surface area contributed by atoms with Gasteiger partial charge >= 0.3 is 5.97 Å². The van der Waals surface area contributed by atoms with Gasteiger partial charge in [0.1, 0.15) is 0 Å². The summed E-state index contributed by atoms with van der Waals surface area (Å²) in [6, 6.07) is 2.10. The molecule has 1 heterocycles. The molecule has 1 unspecified atom stereocenters. The molecule has 0 spiro atoms. The minimum absolute atomic E-state index is 0.267. The Morgan fingerprint density at radius 1 is 1.53 bits per heavy atom. The summed E-state index contributed by atoms with van der Waals surface area (Å²) in [4.78, 5) is 10.5. The highest BCUT2D eigenvalue weighted by molar-refractivity contribution is 5.66. The summed E-state index contributed by atoms with van der Waals surface area (Å²) in [5, 5.41) is 16.4. The van der Waals surface area contributed by atoms with Gasteiger partial charge in [-0.15, -0.1) is 0 Å². The van der Waals surface area contributed by atoms with Crippen LogP contribution >= 0.6 is 0 Å². The normalized spacial score (nSPS) is 12.6. The number of hydrogen-bond acceptors (Lipinski definition) is 3. The van der Waals surface area contributed by atoms with E-state index in [2.05, 4.69) is 30.3 Å². The van der Waals surface area contributed by atoms with E-state index in [1.165, 1.54) is 5.69 Å². The van der Waals surface area contributed by atoms with Crippen molar-refractivity contribution in [2.45, 2.75) is 53.1 Å². The van der Waals surface area contributed by atoms with Gasteiger partial charge in [0.15, 0.2) is 0 Å². The highest BCUT2D eigenvalue weighted by Gasteiger charge is 2.06. The molecule has 1 rings (SSSR count). The van der Waals surface area contributed by atoms with Crippen molar-refractivity contribution < 1.29 is 9.90 Å². The fraction of sp³-hybridized carbons (Fsp3) is 0.714. The number of nitrogens with zero attached hydrogens (tertiary/aromatic N) is 2. The Balaban J connectivity index is 2.21. The molecule has 1 aromatic heterocycles. The summed E-state index contributed by atoms with van der Waals surface area (Å²) in [6.45, 7) is 8.81. The van der Waals surface area contributed by atoms with Crippen LogP contribution in [0.15, 0.2) is 6.07 Å². The highest BCUT2D eigenvalue weighted by Crippen LogP contribution is 2.09. The van der Waals surface area contributed by atoms with Gasteiger partial charge in [-0.2, -0.15) is 5.10 Å². The molecule has 1 aromatic rings. The Bertz CT molecular complexity index is 401. The zero-order chi connectivity index (χ0) is 14.3. The largest absolute Gasteiger partial charge is 0.481 e. The summed E-state index contributed by atoms with van der Waals surface area (Å²) >= 11 is 0. The van der Waals surface area contributed by atoms with Crippen LogP contribution in [-0.2, 0) is 17.9 Å². The molecule has 108 valence electrons. The van der Waals surface area contributed by atoms with Crippen molar-refractivity contribution in [3.63, 3.8) is 0 Å². The number of aryl methyl sites for hydroxylation is 2. The Labute approximate surface area is 115 Å². The molecule has 0 aliphatic rings. The van der Waals surface area contributed by atoms with Crippen LogP contribution in [0.4, 0.5) is 0 Å². The predicted octanol–water partition coefficient (Wildman–Crippen LogP) is 2.19. The molecule has 0 aromatic carbocycles. The lowest BCUT2D eigenvalue weighted by Gasteiger charge is -2.11. The van der Waals surface area contributed by atoms with Crippen LogP contribution in [0.5, 0.6) is 0 Å². The number of carboxylic acids is 1. The zero-order valence-electron chi connectivity index (χ0n) is 12.1. The van der Waals surface area contributed by atoms with Crippen molar-refractivity contribution in [3.05, 3.63) is 17.5 Å². The second-order valence-corrected chi connectivity index (χ2v) is 5.10. The second kappa shape index (κ2) is 7.94. The van der Waals surface area contributed by atoms with Crippen LogP contribution in [0, 0.1) is 12.8 Å². The summed E-state index contributed by atoms with van der Waals surface area (Å²) in [5.41, 5.74) is 2.26. The van der Waals surface area contributed by atoms with E-state index in [1.54, 1.807) is 0 Å². The van der Waals surface area contributed by atoms with E-state index >= 15 is 0 Å². The summed E-state index contributed by atoms with van der Waals surface area (Å²) < 4.78 is 2.01. The van der Waals surface area contributed by atoms with Crippen LogP contribution in [-0.4, -0.2) is 27.4 Å². The Morgan fingerprint density at radius 3 is 2.89 bits per heavy atom. The van der Waals surface area contributed by atoms with Gasteiger partial charge < -0.3 is 10.4 Å². The molecular formula is C14H25N3O2. The molecule has 2 N–H and O–H groups in total. The van der Waals surface area contributed by atoms with E-state index in [-0.39, 0.29) is 6.42 Å². The Hall–Kier alpha value is -1.36. The first kappa shape index (κ1) is 15.7. The molecule has 19 heavy (non-hydrogen) atoms. The summed E-state index contributed by atoms with van der Waals surface area (Å²) in [7, 11) is 0. The molecule has 0 radical (unpaired) electrons. The molecule has 0 saturated heterocycles. The van der Waals surface area contributed by atoms with E-state index in [0.29, 0.717) is 5.92 Å². The average Bonchev–Trinajstić information content (AvgIpc) is 2.72. The van der Waals surface area contributed by atoms with Crippen molar-refractivity contribution in [3.8, 4) is 0 Å². The van der Waals surface area contributed by atoms with Crippen LogP contribution in [0.2, 0.25) is 0 Å². The monoisotopic (exact) mass is 267 g/mol. The molecule has 0 amide bonds. The molecule has 0 aliphatic heterocycles. The number of carboxylic acid groups (broad SMARTS) is 1. The van der Waals surface area contributed by atoms with E-state index in [1.807, 2.05) is 11.6 Å². The minimum atomic E-state index is -0.706. The van der Waals surface area contributed by atoms with E-state index in [4.69, 9.17) is 5.11 Å². The highest BCUT2D eigenvalue weighted by atomic mass is 16.4. The molecular weight excluding hydrogens is 242 g/mol. The maximum Gasteiger partial charge on any atom is 0.303 e. The van der Waals surface area contributed by atoms with Gasteiger partial charge in [-0.05, 0) is 45.2 Å². The fourth-order valence-corrected chi connectivity index (χ4v) is 2.09. The van der Waals surface area contributed by atoms with Crippen LogP contribution in [0.3, 0.4) is 0 Å². The zero-order valence-corrected chi connectivity index (χ0v) is 12.1. The van der Waals surface area contributed by atoms with E-state index < -0.39 is 5.97 Å². The first-order valence-electron chi connectivity index (χ1n) is 6.98. The molecule has 0 bridgehead atoms. The van der Waals surface area contributed by atoms with Crippen molar-refractivity contribution >= 4 is 5.97 Å². The predicted molar refractivity (Wildman–Crippen MR) is 75.0 cm³/mol. The lowest BCUT2D eigenvalue weighted by atomic mass is 10.0. The topological polar surface area (TPSA) is 67.2 Å². The summed E-state index contributed by atoms with van der Waals surface area (Å²) in [6.07, 6.45) is 2.03. The lowest BCUT2D eigenvalue weighted by Crippen LogP contribution is -2.19. The number of nitrogens with one attached hydrogen (secondary N) is 1. The number of aliphatic carboxylic acids is 1. The quantitative estimate of drug-likeness (QED) is 0.673. The van der Waals surface area contributed by atoms with E-state index in [9.17, 15) is 4.79 Å². The van der Waals surface area contributed by atoms with Gasteiger partial charge in [0.05, 0.1) is 11.4 Å². The third-order valence-corrected chi connectivity index (χ3v) is 3.26. The number of rotatable bonds is 9. The van der Waals surface area contributed by atoms with Crippen molar-refractivity contribution in [1.29, 1.82) is 0 Å². The number of aromatic nitrogens is 2. The maximum atomic E-state index is 10.5. The van der Waals surface area contributed by atoms with Crippen LogP contribution < -0.4 is 5.32 Å². The molecule has 5 nitrogen and oxygen atoms in total. The van der Waals surface area contributed by atoms with Crippen molar-refractivity contribution in [2.75, 3.05) is 6.54 Å². The van der Waals surface area contributed by atoms with Gasteiger partial charge in [0, 0.05) is 19.5 Å². The van der Waals surface area contributed by atoms with Crippen LogP contribution in [0.1, 0.15) is 44.5 Å². The molecule has 0 aliphatic carbocycles. The van der Waals surface area contributed by atoms with Gasteiger partial charge in [0.2, 0.25) is 0 Å². The molecule has 0 fully saturated rings. The van der Waals surface area contributed by atoms with Crippen molar-refractivity contribution in [1.82, 2.24) is 15.1 Å². The maximum absolute atomic E-state index is 10.5. The van der Waals surface area contributed by atoms with Gasteiger partial charge in [-0.3, -0.25) is 9.48 Å². The fourth-order valence-electron chi connectivity index (χ4n) is 2.09.